The topological polar surface area (TPSA) is 58.6 Å². The van der Waals surface area contributed by atoms with Gasteiger partial charge in [-0.2, -0.15) is 0 Å². The maximum absolute atomic E-state index is 13.7. The third-order valence-corrected chi connectivity index (χ3v) is 4.14. The molecule has 0 aliphatic carbocycles. The molecule has 21 heavy (non-hydrogen) atoms. The third kappa shape index (κ3) is 3.51. The molecule has 0 spiro atoms. The lowest BCUT2D eigenvalue weighted by Gasteiger charge is -2.33. The number of halogens is 3. The Morgan fingerprint density at radius 1 is 1.38 bits per heavy atom. The fourth-order valence-corrected chi connectivity index (χ4v) is 2.55. The highest BCUT2D eigenvalue weighted by molar-refractivity contribution is 6.30. The average Bonchev–Trinajstić information content (AvgIpc) is 2.48. The van der Waals surface area contributed by atoms with Gasteiger partial charge in [0.15, 0.2) is 0 Å². The molecule has 0 radical (unpaired) electrons. The molecule has 1 fully saturated rings. The second kappa shape index (κ2) is 6.68. The van der Waals surface area contributed by atoms with Gasteiger partial charge in [0.05, 0.1) is 5.41 Å². The van der Waals surface area contributed by atoms with Crippen LogP contribution < -0.4 is 5.32 Å². The lowest BCUT2D eigenvalue weighted by molar-refractivity contribution is -0.154. The summed E-state index contributed by atoms with van der Waals surface area (Å²) in [6.45, 7) is 1.07. The molecule has 2 rings (SSSR count). The van der Waals surface area contributed by atoms with Crippen molar-refractivity contribution in [3.8, 4) is 0 Å². The van der Waals surface area contributed by atoms with Crippen molar-refractivity contribution in [1.82, 2.24) is 5.32 Å². The van der Waals surface area contributed by atoms with Crippen LogP contribution in [0.25, 0.3) is 0 Å². The first-order valence-electron chi connectivity index (χ1n) is 6.60. The van der Waals surface area contributed by atoms with Gasteiger partial charge in [-0.05, 0) is 18.9 Å². The molecule has 1 saturated heterocycles. The lowest BCUT2D eigenvalue weighted by atomic mass is 9.80. The first kappa shape index (κ1) is 16.1. The van der Waals surface area contributed by atoms with Crippen molar-refractivity contribution in [3.05, 3.63) is 34.4 Å². The molecule has 0 atom stereocenters. The van der Waals surface area contributed by atoms with Gasteiger partial charge in [-0.25, -0.2) is 8.78 Å². The van der Waals surface area contributed by atoms with Gasteiger partial charge in [0.2, 0.25) is 0 Å². The predicted molar refractivity (Wildman–Crippen MR) is 73.2 cm³/mol. The summed E-state index contributed by atoms with van der Waals surface area (Å²) in [6, 6.07) is 2.38. The Bertz CT molecular complexity index is 533. The largest absolute Gasteiger partial charge is 0.481 e. The SMILES string of the molecule is O=C(O)C1(CNCc2ccc(F)c(Cl)c2F)CCOCC1. The van der Waals surface area contributed by atoms with Crippen LogP contribution in [0.3, 0.4) is 0 Å². The molecule has 0 amide bonds. The molecular formula is C14H16ClF2NO3. The van der Waals surface area contributed by atoms with Crippen molar-refractivity contribution in [2.75, 3.05) is 19.8 Å². The molecule has 7 heteroatoms. The fourth-order valence-electron chi connectivity index (χ4n) is 2.37. The molecule has 0 aromatic heterocycles. The number of nitrogens with one attached hydrogen (secondary N) is 1. The fraction of sp³-hybridized carbons (Fsp3) is 0.500. The Morgan fingerprint density at radius 3 is 2.67 bits per heavy atom. The molecule has 1 aliphatic rings. The molecular weight excluding hydrogens is 304 g/mol. The third-order valence-electron chi connectivity index (χ3n) is 3.80. The summed E-state index contributed by atoms with van der Waals surface area (Å²) in [6.07, 6.45) is 0.810. The molecule has 1 aromatic rings. The highest BCUT2D eigenvalue weighted by atomic mass is 35.5. The van der Waals surface area contributed by atoms with E-state index in [0.717, 1.165) is 6.07 Å². The van der Waals surface area contributed by atoms with Crippen LogP contribution in [-0.2, 0) is 16.1 Å². The van der Waals surface area contributed by atoms with Crippen LogP contribution in [0.4, 0.5) is 8.78 Å². The Labute approximate surface area is 126 Å². The van der Waals surface area contributed by atoms with Gasteiger partial charge in [0.1, 0.15) is 16.7 Å². The van der Waals surface area contributed by atoms with E-state index in [0.29, 0.717) is 26.1 Å². The molecule has 0 bridgehead atoms. The number of carboxylic acid groups (broad SMARTS) is 1. The van der Waals surface area contributed by atoms with Crippen LogP contribution in [0.5, 0.6) is 0 Å². The van der Waals surface area contributed by atoms with Gasteiger partial charge in [-0.1, -0.05) is 17.7 Å². The Balaban J connectivity index is 2.00. The summed E-state index contributed by atoms with van der Waals surface area (Å²) in [5, 5.41) is 11.8. The van der Waals surface area contributed by atoms with E-state index in [1.54, 1.807) is 0 Å². The second-order valence-corrected chi connectivity index (χ2v) is 5.51. The number of aliphatic carboxylic acids is 1. The number of benzene rings is 1. The Morgan fingerprint density at radius 2 is 2.05 bits per heavy atom. The number of hydrogen-bond acceptors (Lipinski definition) is 3. The van der Waals surface area contributed by atoms with Crippen molar-refractivity contribution < 1.29 is 23.4 Å². The Kier molecular flexibility index (Phi) is 5.13. The Hall–Kier alpha value is -1.24. The summed E-state index contributed by atoms with van der Waals surface area (Å²) in [7, 11) is 0. The zero-order chi connectivity index (χ0) is 15.5. The standard InChI is InChI=1S/C14H16ClF2NO3/c15-11-10(16)2-1-9(12(11)17)7-18-8-14(13(19)20)3-5-21-6-4-14/h1-2,18H,3-8H2,(H,19,20). The molecule has 4 nitrogen and oxygen atoms in total. The van der Waals surface area contributed by atoms with E-state index in [1.807, 2.05) is 0 Å². The van der Waals surface area contributed by atoms with E-state index in [1.165, 1.54) is 6.07 Å². The smallest absolute Gasteiger partial charge is 0.311 e. The number of ether oxygens (including phenoxy) is 1. The summed E-state index contributed by atoms with van der Waals surface area (Å²) in [5.74, 6) is -2.53. The molecule has 2 N–H and O–H groups in total. The van der Waals surface area contributed by atoms with Crippen molar-refractivity contribution >= 4 is 17.6 Å². The van der Waals surface area contributed by atoms with Crippen LogP contribution in [0.2, 0.25) is 5.02 Å². The molecule has 116 valence electrons. The van der Waals surface area contributed by atoms with Crippen LogP contribution >= 0.6 is 11.6 Å². The zero-order valence-corrected chi connectivity index (χ0v) is 12.1. The molecule has 1 aromatic carbocycles. The second-order valence-electron chi connectivity index (χ2n) is 5.14. The van der Waals surface area contributed by atoms with Gasteiger partial charge in [-0.15, -0.1) is 0 Å². The van der Waals surface area contributed by atoms with Crippen LogP contribution in [0, 0.1) is 17.0 Å². The summed E-state index contributed by atoms with van der Waals surface area (Å²) in [5.41, 5.74) is -0.701. The molecule has 1 aliphatic heterocycles. The van der Waals surface area contributed by atoms with Crippen molar-refractivity contribution in [1.29, 1.82) is 0 Å². The van der Waals surface area contributed by atoms with Crippen molar-refractivity contribution in [3.63, 3.8) is 0 Å². The minimum absolute atomic E-state index is 0.0850. The first-order chi connectivity index (χ1) is 9.96. The number of rotatable bonds is 5. The zero-order valence-electron chi connectivity index (χ0n) is 11.3. The number of carbonyl (C=O) groups is 1. The summed E-state index contributed by atoms with van der Waals surface area (Å²) in [4.78, 5) is 11.4. The van der Waals surface area contributed by atoms with Crippen LogP contribution in [-0.4, -0.2) is 30.8 Å². The molecule has 0 unspecified atom stereocenters. The van der Waals surface area contributed by atoms with E-state index in [-0.39, 0.29) is 18.7 Å². The monoisotopic (exact) mass is 319 g/mol. The van der Waals surface area contributed by atoms with Gasteiger partial charge in [0.25, 0.3) is 0 Å². The van der Waals surface area contributed by atoms with Gasteiger partial charge >= 0.3 is 5.97 Å². The highest BCUT2D eigenvalue weighted by Gasteiger charge is 2.39. The van der Waals surface area contributed by atoms with E-state index < -0.39 is 28.0 Å². The average molecular weight is 320 g/mol. The van der Waals surface area contributed by atoms with Crippen molar-refractivity contribution in [2.45, 2.75) is 19.4 Å². The number of hydrogen-bond donors (Lipinski definition) is 2. The molecule has 1 heterocycles. The van der Waals surface area contributed by atoms with E-state index in [4.69, 9.17) is 16.3 Å². The highest BCUT2D eigenvalue weighted by Crippen LogP contribution is 2.30. The van der Waals surface area contributed by atoms with Crippen molar-refractivity contribution in [2.24, 2.45) is 5.41 Å². The predicted octanol–water partition coefficient (Wildman–Crippen LogP) is 2.59. The lowest BCUT2D eigenvalue weighted by Crippen LogP contribution is -2.45. The van der Waals surface area contributed by atoms with Gasteiger partial charge < -0.3 is 15.2 Å². The number of carboxylic acids is 1. The van der Waals surface area contributed by atoms with E-state index in [9.17, 15) is 18.7 Å². The minimum Gasteiger partial charge on any atom is -0.481 e. The van der Waals surface area contributed by atoms with E-state index in [2.05, 4.69) is 5.32 Å². The van der Waals surface area contributed by atoms with Crippen LogP contribution in [0.1, 0.15) is 18.4 Å². The van der Waals surface area contributed by atoms with Gasteiger partial charge in [0, 0.05) is 31.9 Å². The minimum atomic E-state index is -0.904. The maximum atomic E-state index is 13.7. The van der Waals surface area contributed by atoms with E-state index >= 15 is 0 Å². The van der Waals surface area contributed by atoms with Gasteiger partial charge in [-0.3, -0.25) is 4.79 Å². The molecule has 0 saturated carbocycles. The van der Waals surface area contributed by atoms with Crippen LogP contribution in [0.15, 0.2) is 12.1 Å². The maximum Gasteiger partial charge on any atom is 0.311 e. The summed E-state index contributed by atoms with van der Waals surface area (Å²) < 4.78 is 32.0. The normalized spacial score (nSPS) is 17.7. The summed E-state index contributed by atoms with van der Waals surface area (Å²) >= 11 is 5.50. The quantitative estimate of drug-likeness (QED) is 0.819. The first-order valence-corrected chi connectivity index (χ1v) is 6.98.